The average molecular weight is 360 g/mol. The van der Waals surface area contributed by atoms with E-state index in [1.165, 1.54) is 24.4 Å². The van der Waals surface area contributed by atoms with Crippen LogP contribution in [0.5, 0.6) is 0 Å². The van der Waals surface area contributed by atoms with E-state index in [1.54, 1.807) is 24.3 Å². The molecule has 0 atom stereocenters. The van der Waals surface area contributed by atoms with Crippen molar-refractivity contribution >= 4 is 34.7 Å². The molecular weight excluding hydrogens is 348 g/mol. The van der Waals surface area contributed by atoms with Gasteiger partial charge in [-0.25, -0.2) is 13.8 Å². The molecule has 0 spiro atoms. The zero-order valence-electron chi connectivity index (χ0n) is 12.8. The summed E-state index contributed by atoms with van der Waals surface area (Å²) >= 11 is 5.85. The Morgan fingerprint density at radius 2 is 1.72 bits per heavy atom. The molecule has 1 amide bonds. The van der Waals surface area contributed by atoms with E-state index in [-0.39, 0.29) is 11.6 Å². The molecule has 0 bridgehead atoms. The summed E-state index contributed by atoms with van der Waals surface area (Å²) in [7, 11) is 0. The summed E-state index contributed by atoms with van der Waals surface area (Å²) in [6.45, 7) is 0. The van der Waals surface area contributed by atoms with Crippen LogP contribution < -0.4 is 10.6 Å². The number of pyridine rings is 1. The number of nitrogens with one attached hydrogen (secondary N) is 2. The van der Waals surface area contributed by atoms with Crippen molar-refractivity contribution in [2.45, 2.75) is 0 Å². The fraction of sp³-hybridized carbons (Fsp3) is 0. The van der Waals surface area contributed by atoms with Crippen LogP contribution in [0.2, 0.25) is 5.02 Å². The van der Waals surface area contributed by atoms with Crippen molar-refractivity contribution < 1.29 is 13.6 Å². The van der Waals surface area contributed by atoms with Gasteiger partial charge in [-0.05, 0) is 42.5 Å². The first kappa shape index (κ1) is 16.9. The molecule has 1 heterocycles. The molecular formula is C18H12ClF2N3O. The van der Waals surface area contributed by atoms with Gasteiger partial charge in [0.05, 0.1) is 11.9 Å². The largest absolute Gasteiger partial charge is 0.349 e. The van der Waals surface area contributed by atoms with Gasteiger partial charge in [-0.2, -0.15) is 0 Å². The van der Waals surface area contributed by atoms with Crippen LogP contribution in [0, 0.1) is 11.6 Å². The Morgan fingerprint density at radius 1 is 1.00 bits per heavy atom. The number of halogens is 3. The molecule has 0 aliphatic heterocycles. The van der Waals surface area contributed by atoms with Crippen LogP contribution in [0.1, 0.15) is 10.4 Å². The molecule has 3 rings (SSSR count). The molecule has 2 aromatic carbocycles. The van der Waals surface area contributed by atoms with Gasteiger partial charge in [0.2, 0.25) is 0 Å². The third kappa shape index (κ3) is 4.10. The Hall–Kier alpha value is -2.99. The van der Waals surface area contributed by atoms with Crippen LogP contribution in [-0.4, -0.2) is 10.9 Å². The van der Waals surface area contributed by atoms with Gasteiger partial charge in [0.1, 0.15) is 23.1 Å². The van der Waals surface area contributed by atoms with Gasteiger partial charge in [0.25, 0.3) is 5.91 Å². The third-order valence-electron chi connectivity index (χ3n) is 3.32. The minimum absolute atomic E-state index is 0.264. The van der Waals surface area contributed by atoms with E-state index >= 15 is 0 Å². The van der Waals surface area contributed by atoms with Crippen LogP contribution in [0.25, 0.3) is 0 Å². The lowest BCUT2D eigenvalue weighted by atomic mass is 10.2. The van der Waals surface area contributed by atoms with Gasteiger partial charge in [0.15, 0.2) is 0 Å². The zero-order chi connectivity index (χ0) is 17.8. The Morgan fingerprint density at radius 3 is 2.36 bits per heavy atom. The molecule has 0 saturated carbocycles. The Kier molecular flexibility index (Phi) is 4.90. The molecule has 126 valence electrons. The Balaban J connectivity index is 1.71. The van der Waals surface area contributed by atoms with Crippen molar-refractivity contribution in [3.05, 3.63) is 83.0 Å². The van der Waals surface area contributed by atoms with Gasteiger partial charge in [-0.15, -0.1) is 0 Å². The lowest BCUT2D eigenvalue weighted by molar-refractivity contribution is 0.102. The molecule has 0 radical (unpaired) electrons. The van der Waals surface area contributed by atoms with Crippen LogP contribution in [-0.2, 0) is 0 Å². The number of nitrogens with zero attached hydrogens (tertiary/aromatic N) is 1. The molecule has 0 unspecified atom stereocenters. The molecule has 4 nitrogen and oxygen atoms in total. The SMILES string of the molecule is O=C(Nc1ccc(Nc2c(F)cccc2F)cn1)c1cccc(Cl)c1. The van der Waals surface area contributed by atoms with Crippen molar-refractivity contribution in [3.8, 4) is 0 Å². The monoisotopic (exact) mass is 359 g/mol. The maximum absolute atomic E-state index is 13.6. The molecule has 3 aromatic rings. The number of carbonyl (C=O) groups is 1. The molecule has 1 aromatic heterocycles. The number of amides is 1. The van der Waals surface area contributed by atoms with Gasteiger partial charge < -0.3 is 10.6 Å². The van der Waals surface area contributed by atoms with E-state index in [0.29, 0.717) is 22.1 Å². The van der Waals surface area contributed by atoms with Crippen LogP contribution in [0.3, 0.4) is 0 Å². The fourth-order valence-electron chi connectivity index (χ4n) is 2.12. The molecule has 2 N–H and O–H groups in total. The molecule has 25 heavy (non-hydrogen) atoms. The van der Waals surface area contributed by atoms with Crippen molar-refractivity contribution in [2.24, 2.45) is 0 Å². The number of benzene rings is 2. The highest BCUT2D eigenvalue weighted by molar-refractivity contribution is 6.31. The van der Waals surface area contributed by atoms with Gasteiger partial charge >= 0.3 is 0 Å². The highest BCUT2D eigenvalue weighted by Gasteiger charge is 2.10. The van der Waals surface area contributed by atoms with E-state index in [2.05, 4.69) is 15.6 Å². The van der Waals surface area contributed by atoms with E-state index in [9.17, 15) is 13.6 Å². The summed E-state index contributed by atoms with van der Waals surface area (Å²) in [6.07, 6.45) is 1.36. The van der Waals surface area contributed by atoms with Gasteiger partial charge in [-0.3, -0.25) is 4.79 Å². The maximum atomic E-state index is 13.6. The highest BCUT2D eigenvalue weighted by Crippen LogP contribution is 2.23. The predicted molar refractivity (Wildman–Crippen MR) is 93.3 cm³/mol. The normalized spacial score (nSPS) is 10.4. The number of para-hydroxylation sites is 1. The second-order valence-corrected chi connectivity index (χ2v) is 5.55. The van der Waals surface area contributed by atoms with Crippen LogP contribution >= 0.6 is 11.6 Å². The van der Waals surface area contributed by atoms with E-state index in [4.69, 9.17) is 11.6 Å². The number of hydrogen-bond acceptors (Lipinski definition) is 3. The van der Waals surface area contributed by atoms with Gasteiger partial charge in [-0.1, -0.05) is 23.7 Å². The first-order valence-corrected chi connectivity index (χ1v) is 7.65. The zero-order valence-corrected chi connectivity index (χ0v) is 13.5. The van der Waals surface area contributed by atoms with E-state index < -0.39 is 11.6 Å². The number of carbonyl (C=O) groups excluding carboxylic acids is 1. The first-order valence-electron chi connectivity index (χ1n) is 7.27. The summed E-state index contributed by atoms with van der Waals surface area (Å²) in [5, 5.41) is 5.68. The van der Waals surface area contributed by atoms with Crippen LogP contribution in [0.15, 0.2) is 60.8 Å². The lowest BCUT2D eigenvalue weighted by Crippen LogP contribution is -2.12. The molecule has 0 aliphatic rings. The summed E-state index contributed by atoms with van der Waals surface area (Å²) < 4.78 is 27.2. The summed E-state index contributed by atoms with van der Waals surface area (Å²) in [5.74, 6) is -1.49. The maximum Gasteiger partial charge on any atom is 0.256 e. The second kappa shape index (κ2) is 7.27. The van der Waals surface area contributed by atoms with Crippen molar-refractivity contribution in [1.29, 1.82) is 0 Å². The quantitative estimate of drug-likeness (QED) is 0.688. The minimum atomic E-state index is -0.710. The van der Waals surface area contributed by atoms with E-state index in [0.717, 1.165) is 12.1 Å². The second-order valence-electron chi connectivity index (χ2n) is 5.12. The lowest BCUT2D eigenvalue weighted by Gasteiger charge is -2.09. The minimum Gasteiger partial charge on any atom is -0.349 e. The first-order chi connectivity index (χ1) is 12.0. The predicted octanol–water partition coefficient (Wildman–Crippen LogP) is 5.01. The summed E-state index contributed by atoms with van der Waals surface area (Å²) in [5.41, 5.74) is 0.509. The van der Waals surface area contributed by atoms with Gasteiger partial charge in [0, 0.05) is 10.6 Å². The Labute approximate surface area is 147 Å². The number of hydrogen-bond donors (Lipinski definition) is 2. The topological polar surface area (TPSA) is 54.0 Å². The Bertz CT molecular complexity index is 896. The summed E-state index contributed by atoms with van der Waals surface area (Å²) in [6, 6.07) is 13.1. The summed E-state index contributed by atoms with van der Waals surface area (Å²) in [4.78, 5) is 16.2. The molecule has 7 heteroatoms. The van der Waals surface area contributed by atoms with Crippen molar-refractivity contribution in [2.75, 3.05) is 10.6 Å². The average Bonchev–Trinajstić information content (AvgIpc) is 2.60. The number of anilines is 3. The van der Waals surface area contributed by atoms with Crippen LogP contribution in [0.4, 0.5) is 26.0 Å². The standard InChI is InChI=1S/C18H12ClF2N3O/c19-12-4-1-3-11(9-12)18(25)24-16-8-7-13(10-22-16)23-17-14(20)5-2-6-15(17)21/h1-10,23H,(H,22,24,25). The highest BCUT2D eigenvalue weighted by atomic mass is 35.5. The smallest absolute Gasteiger partial charge is 0.256 e. The molecule has 0 saturated heterocycles. The van der Waals surface area contributed by atoms with Crippen molar-refractivity contribution in [1.82, 2.24) is 4.98 Å². The van der Waals surface area contributed by atoms with Crippen molar-refractivity contribution in [3.63, 3.8) is 0 Å². The fourth-order valence-corrected chi connectivity index (χ4v) is 2.31. The van der Waals surface area contributed by atoms with E-state index in [1.807, 2.05) is 0 Å². The number of rotatable bonds is 4. The number of aromatic nitrogens is 1. The molecule has 0 aliphatic carbocycles. The molecule has 0 fully saturated rings. The third-order valence-corrected chi connectivity index (χ3v) is 3.56.